The van der Waals surface area contributed by atoms with Gasteiger partial charge in [0, 0.05) is 38.2 Å². The molecule has 0 unspecified atom stereocenters. The Labute approximate surface area is 175 Å². The third-order valence-electron chi connectivity index (χ3n) is 5.53. The monoisotopic (exact) mass is 409 g/mol. The molecule has 0 atom stereocenters. The number of hydrogen-bond acceptors (Lipinski definition) is 4. The second-order valence-electron chi connectivity index (χ2n) is 7.27. The predicted octanol–water partition coefficient (Wildman–Crippen LogP) is 3.03. The maximum absolute atomic E-state index is 13.0. The lowest BCUT2D eigenvalue weighted by atomic mass is 10.1. The Morgan fingerprint density at radius 1 is 1.00 bits per heavy atom. The van der Waals surface area contributed by atoms with Gasteiger partial charge in [-0.15, -0.1) is 0 Å². The van der Waals surface area contributed by atoms with E-state index < -0.39 is 0 Å². The summed E-state index contributed by atoms with van der Waals surface area (Å²) in [6, 6.07) is 13.5. The number of nitrogens with zero attached hydrogens (tertiary/aromatic N) is 3. The van der Waals surface area contributed by atoms with Crippen molar-refractivity contribution >= 4 is 16.9 Å². The average Bonchev–Trinajstić information content (AvgIpc) is 3.06. The summed E-state index contributed by atoms with van der Waals surface area (Å²) >= 11 is 0. The topological polar surface area (TPSA) is 65.7 Å². The Hall–Kier alpha value is -3.22. The van der Waals surface area contributed by atoms with Gasteiger partial charge >= 0.3 is 5.69 Å². The highest BCUT2D eigenvalue weighted by Crippen LogP contribution is 2.34. The average molecular weight is 409 g/mol. The Kier molecular flexibility index (Phi) is 5.79. The number of fused-ring (bicyclic) bond motifs is 2. The Morgan fingerprint density at radius 3 is 2.47 bits per heavy atom. The van der Waals surface area contributed by atoms with Gasteiger partial charge in [0.2, 0.25) is 5.91 Å². The van der Waals surface area contributed by atoms with Gasteiger partial charge < -0.3 is 14.4 Å². The molecule has 30 heavy (non-hydrogen) atoms. The molecule has 1 aromatic heterocycles. The number of para-hydroxylation sites is 3. The first-order valence-electron chi connectivity index (χ1n) is 10.5. The molecule has 7 nitrogen and oxygen atoms in total. The van der Waals surface area contributed by atoms with Gasteiger partial charge in [-0.05, 0) is 32.0 Å². The van der Waals surface area contributed by atoms with Crippen LogP contribution < -0.4 is 15.2 Å². The first kappa shape index (κ1) is 20.1. The lowest BCUT2D eigenvalue weighted by Gasteiger charge is -2.25. The first-order valence-corrected chi connectivity index (χ1v) is 10.5. The number of benzene rings is 2. The number of imidazole rings is 1. The molecule has 0 N–H and O–H groups in total. The lowest BCUT2D eigenvalue weighted by Crippen LogP contribution is -2.33. The number of rotatable bonds is 7. The molecular formula is C23H27N3O4. The zero-order valence-electron chi connectivity index (χ0n) is 17.5. The lowest BCUT2D eigenvalue weighted by molar-refractivity contribution is -0.131. The number of carbonyl (C=O) groups is 1. The van der Waals surface area contributed by atoms with Gasteiger partial charge in [0.25, 0.3) is 0 Å². The van der Waals surface area contributed by atoms with Crippen LogP contribution in [0.4, 0.5) is 0 Å². The first-order chi connectivity index (χ1) is 14.6. The molecule has 0 fully saturated rings. The van der Waals surface area contributed by atoms with E-state index in [1.165, 1.54) is 0 Å². The number of aryl methyl sites for hydroxylation is 2. The van der Waals surface area contributed by atoms with Crippen molar-refractivity contribution < 1.29 is 14.3 Å². The largest absolute Gasteiger partial charge is 0.486 e. The summed E-state index contributed by atoms with van der Waals surface area (Å²) in [7, 11) is 0. The molecule has 2 aromatic carbocycles. The fourth-order valence-corrected chi connectivity index (χ4v) is 4.00. The van der Waals surface area contributed by atoms with Gasteiger partial charge in [-0.3, -0.25) is 13.9 Å². The molecule has 158 valence electrons. The summed E-state index contributed by atoms with van der Waals surface area (Å²) < 4.78 is 14.9. The summed E-state index contributed by atoms with van der Waals surface area (Å²) in [6.07, 6.45) is 0.262. The molecule has 0 saturated carbocycles. The quantitative estimate of drug-likeness (QED) is 0.602. The van der Waals surface area contributed by atoms with Gasteiger partial charge in [-0.1, -0.05) is 24.3 Å². The van der Waals surface area contributed by atoms with E-state index in [1.54, 1.807) is 14.0 Å². The zero-order chi connectivity index (χ0) is 21.1. The van der Waals surface area contributed by atoms with E-state index in [0.717, 1.165) is 28.1 Å². The van der Waals surface area contributed by atoms with Crippen LogP contribution in [0.3, 0.4) is 0 Å². The highest BCUT2D eigenvalue weighted by molar-refractivity contribution is 5.78. The maximum Gasteiger partial charge on any atom is 0.329 e. The maximum atomic E-state index is 13.0. The van der Waals surface area contributed by atoms with Gasteiger partial charge in [0.15, 0.2) is 11.5 Å². The van der Waals surface area contributed by atoms with Gasteiger partial charge in [-0.2, -0.15) is 0 Å². The fraction of sp³-hybridized carbons (Fsp3) is 0.391. The van der Waals surface area contributed by atoms with Crippen LogP contribution >= 0.6 is 0 Å². The molecule has 1 amide bonds. The highest BCUT2D eigenvalue weighted by Gasteiger charge is 2.20. The van der Waals surface area contributed by atoms with Crippen LogP contribution in [0.5, 0.6) is 11.5 Å². The summed E-state index contributed by atoms with van der Waals surface area (Å²) in [5.74, 6) is 1.45. The minimum Gasteiger partial charge on any atom is -0.486 e. The van der Waals surface area contributed by atoms with Crippen molar-refractivity contribution in [2.24, 2.45) is 0 Å². The molecule has 0 radical (unpaired) electrons. The minimum absolute atomic E-state index is 0.00654. The molecule has 0 bridgehead atoms. The van der Waals surface area contributed by atoms with Crippen LogP contribution in [0.2, 0.25) is 0 Å². The van der Waals surface area contributed by atoms with Crippen molar-refractivity contribution in [3.05, 3.63) is 58.5 Å². The van der Waals surface area contributed by atoms with Crippen molar-refractivity contribution in [3.63, 3.8) is 0 Å². The second-order valence-corrected chi connectivity index (χ2v) is 7.27. The Morgan fingerprint density at radius 2 is 1.73 bits per heavy atom. The van der Waals surface area contributed by atoms with Gasteiger partial charge in [-0.25, -0.2) is 4.79 Å². The standard InChI is InChI=1S/C23H27N3O4/c1-3-24(16-17-8-7-11-20-22(17)30-15-14-29-20)21(27)12-13-26-19-10-6-5-9-18(19)25(4-2)23(26)28/h5-11H,3-4,12-16H2,1-2H3. The van der Waals surface area contributed by atoms with Crippen molar-refractivity contribution in [2.45, 2.75) is 39.9 Å². The Balaban J connectivity index is 1.51. The summed E-state index contributed by atoms with van der Waals surface area (Å²) in [5.41, 5.74) is 2.63. The van der Waals surface area contributed by atoms with E-state index in [2.05, 4.69) is 0 Å². The van der Waals surface area contributed by atoms with E-state index in [1.807, 2.05) is 56.3 Å². The van der Waals surface area contributed by atoms with Crippen molar-refractivity contribution in [2.75, 3.05) is 19.8 Å². The smallest absolute Gasteiger partial charge is 0.329 e. The van der Waals surface area contributed by atoms with Crippen molar-refractivity contribution in [1.29, 1.82) is 0 Å². The van der Waals surface area contributed by atoms with Crippen LogP contribution in [0.1, 0.15) is 25.8 Å². The number of carbonyl (C=O) groups excluding carboxylic acids is 1. The number of amides is 1. The van der Waals surface area contributed by atoms with Crippen LogP contribution in [0, 0.1) is 0 Å². The van der Waals surface area contributed by atoms with E-state index in [9.17, 15) is 9.59 Å². The zero-order valence-corrected chi connectivity index (χ0v) is 17.5. The third-order valence-corrected chi connectivity index (χ3v) is 5.53. The van der Waals surface area contributed by atoms with E-state index >= 15 is 0 Å². The summed E-state index contributed by atoms with van der Waals surface area (Å²) in [4.78, 5) is 27.6. The number of hydrogen-bond donors (Lipinski definition) is 0. The predicted molar refractivity (Wildman–Crippen MR) is 115 cm³/mol. The third kappa shape index (κ3) is 3.67. The second kappa shape index (κ2) is 8.65. The normalized spacial score (nSPS) is 12.9. The molecule has 3 aromatic rings. The summed E-state index contributed by atoms with van der Waals surface area (Å²) in [5, 5.41) is 0. The molecule has 2 heterocycles. The van der Waals surface area contributed by atoms with Crippen molar-refractivity contribution in [1.82, 2.24) is 14.0 Å². The molecular weight excluding hydrogens is 382 g/mol. The highest BCUT2D eigenvalue weighted by atomic mass is 16.6. The van der Waals surface area contributed by atoms with Gasteiger partial charge in [0.05, 0.1) is 11.0 Å². The van der Waals surface area contributed by atoms with E-state index in [0.29, 0.717) is 39.4 Å². The van der Waals surface area contributed by atoms with Crippen LogP contribution in [-0.2, 0) is 24.4 Å². The number of ether oxygens (including phenoxy) is 2. The summed E-state index contributed by atoms with van der Waals surface area (Å²) in [6.45, 7) is 6.94. The molecule has 1 aliphatic heterocycles. The number of aromatic nitrogens is 2. The molecule has 7 heteroatoms. The molecule has 1 aliphatic rings. The molecule has 0 saturated heterocycles. The van der Waals surface area contributed by atoms with Gasteiger partial charge in [0.1, 0.15) is 13.2 Å². The SMILES string of the molecule is CCN(Cc1cccc2c1OCCO2)C(=O)CCn1c(=O)n(CC)c2ccccc21. The van der Waals surface area contributed by atoms with Crippen LogP contribution in [0.25, 0.3) is 11.0 Å². The molecule has 0 aliphatic carbocycles. The fourth-order valence-electron chi connectivity index (χ4n) is 4.00. The van der Waals surface area contributed by atoms with E-state index in [-0.39, 0.29) is 18.0 Å². The van der Waals surface area contributed by atoms with Crippen LogP contribution in [0.15, 0.2) is 47.3 Å². The van der Waals surface area contributed by atoms with Crippen LogP contribution in [-0.4, -0.2) is 39.7 Å². The Bertz CT molecular complexity index is 1120. The van der Waals surface area contributed by atoms with E-state index in [4.69, 9.17) is 9.47 Å². The van der Waals surface area contributed by atoms with Crippen molar-refractivity contribution in [3.8, 4) is 11.5 Å². The minimum atomic E-state index is -0.0720. The molecule has 4 rings (SSSR count). The molecule has 0 spiro atoms.